The molecule has 0 bridgehead atoms. The standard InChI is InChI=1S/C19H20N4O3/c1-12-6-5-7-13(2)19(12)26-11-18(25)23-22-17(24)10-16-20-14-8-3-4-9-15(14)21-16/h3-9H,10-11H2,1-2H3,(H,20,21)(H,22,24)(H,23,25). The maximum Gasteiger partial charge on any atom is 0.276 e. The van der Waals surface area contributed by atoms with Crippen molar-refractivity contribution < 1.29 is 14.3 Å². The molecule has 0 aliphatic heterocycles. The van der Waals surface area contributed by atoms with E-state index >= 15 is 0 Å². The molecule has 7 heteroatoms. The van der Waals surface area contributed by atoms with Gasteiger partial charge in [0.25, 0.3) is 5.91 Å². The number of nitrogens with zero attached hydrogens (tertiary/aromatic N) is 1. The summed E-state index contributed by atoms with van der Waals surface area (Å²) in [7, 11) is 0. The van der Waals surface area contributed by atoms with Gasteiger partial charge in [-0.3, -0.25) is 20.4 Å². The molecule has 0 aliphatic carbocycles. The lowest BCUT2D eigenvalue weighted by atomic mass is 10.1. The molecule has 26 heavy (non-hydrogen) atoms. The van der Waals surface area contributed by atoms with Gasteiger partial charge in [0.05, 0.1) is 17.5 Å². The van der Waals surface area contributed by atoms with Crippen molar-refractivity contribution in [1.29, 1.82) is 0 Å². The van der Waals surface area contributed by atoms with Gasteiger partial charge in [0.1, 0.15) is 11.6 Å². The number of amides is 2. The Kier molecular flexibility index (Phi) is 5.17. The fourth-order valence-electron chi connectivity index (χ4n) is 2.63. The number of nitrogens with one attached hydrogen (secondary N) is 3. The van der Waals surface area contributed by atoms with Gasteiger partial charge in [-0.2, -0.15) is 0 Å². The Balaban J connectivity index is 1.47. The summed E-state index contributed by atoms with van der Waals surface area (Å²) >= 11 is 0. The Hall–Kier alpha value is -3.35. The van der Waals surface area contributed by atoms with Gasteiger partial charge in [-0.1, -0.05) is 30.3 Å². The molecular weight excluding hydrogens is 332 g/mol. The SMILES string of the molecule is Cc1cccc(C)c1OCC(=O)NNC(=O)Cc1nc2ccccc2[nH]1. The number of rotatable bonds is 5. The molecule has 3 N–H and O–H groups in total. The lowest BCUT2D eigenvalue weighted by Gasteiger charge is -2.12. The summed E-state index contributed by atoms with van der Waals surface area (Å²) in [6.07, 6.45) is 0.0344. The molecule has 0 aliphatic rings. The van der Waals surface area contributed by atoms with E-state index in [1.165, 1.54) is 0 Å². The average Bonchev–Trinajstić information content (AvgIpc) is 3.01. The number of hydrazine groups is 1. The Labute approximate surface area is 150 Å². The smallest absolute Gasteiger partial charge is 0.276 e. The van der Waals surface area contributed by atoms with Gasteiger partial charge >= 0.3 is 0 Å². The fraction of sp³-hybridized carbons (Fsp3) is 0.211. The topological polar surface area (TPSA) is 96.1 Å². The van der Waals surface area contributed by atoms with Crippen LogP contribution >= 0.6 is 0 Å². The first kappa shape index (κ1) is 17.5. The number of ether oxygens (including phenoxy) is 1. The molecule has 0 unspecified atom stereocenters. The summed E-state index contributed by atoms with van der Waals surface area (Å²) in [4.78, 5) is 31.2. The van der Waals surface area contributed by atoms with E-state index in [0.717, 1.165) is 22.2 Å². The van der Waals surface area contributed by atoms with E-state index in [0.29, 0.717) is 11.6 Å². The highest BCUT2D eigenvalue weighted by Gasteiger charge is 2.11. The average molecular weight is 352 g/mol. The molecule has 2 aromatic carbocycles. The van der Waals surface area contributed by atoms with E-state index in [1.807, 2.05) is 56.3 Å². The lowest BCUT2D eigenvalue weighted by Crippen LogP contribution is -2.44. The zero-order chi connectivity index (χ0) is 18.5. The van der Waals surface area contributed by atoms with E-state index in [-0.39, 0.29) is 18.9 Å². The second-order valence-electron chi connectivity index (χ2n) is 5.98. The van der Waals surface area contributed by atoms with E-state index in [4.69, 9.17) is 4.74 Å². The number of hydrogen-bond acceptors (Lipinski definition) is 4. The molecule has 3 rings (SSSR count). The maximum atomic E-state index is 11.9. The Bertz CT molecular complexity index is 896. The minimum absolute atomic E-state index is 0.0344. The van der Waals surface area contributed by atoms with Gasteiger partial charge in [-0.05, 0) is 37.1 Å². The van der Waals surface area contributed by atoms with Crippen molar-refractivity contribution in [3.63, 3.8) is 0 Å². The quantitative estimate of drug-likeness (QED) is 0.612. The third-order valence-electron chi connectivity index (χ3n) is 3.86. The van der Waals surface area contributed by atoms with Crippen LogP contribution in [0.5, 0.6) is 5.75 Å². The highest BCUT2D eigenvalue weighted by atomic mass is 16.5. The molecule has 7 nitrogen and oxygen atoms in total. The van der Waals surface area contributed by atoms with Crippen molar-refractivity contribution in [2.24, 2.45) is 0 Å². The minimum Gasteiger partial charge on any atom is -0.483 e. The number of aromatic amines is 1. The van der Waals surface area contributed by atoms with Crippen molar-refractivity contribution >= 4 is 22.8 Å². The highest BCUT2D eigenvalue weighted by molar-refractivity contribution is 5.84. The van der Waals surface area contributed by atoms with Crippen LogP contribution in [0.2, 0.25) is 0 Å². The van der Waals surface area contributed by atoms with Gasteiger partial charge in [0.15, 0.2) is 6.61 Å². The van der Waals surface area contributed by atoms with Crippen molar-refractivity contribution in [2.45, 2.75) is 20.3 Å². The third kappa shape index (κ3) is 4.18. The number of fused-ring (bicyclic) bond motifs is 1. The normalized spacial score (nSPS) is 10.5. The van der Waals surface area contributed by atoms with E-state index < -0.39 is 5.91 Å². The van der Waals surface area contributed by atoms with Crippen LogP contribution in [-0.2, 0) is 16.0 Å². The highest BCUT2D eigenvalue weighted by Crippen LogP contribution is 2.21. The zero-order valence-corrected chi connectivity index (χ0v) is 14.6. The Morgan fingerprint density at radius 1 is 1.00 bits per heavy atom. The van der Waals surface area contributed by atoms with Gasteiger partial charge in [-0.15, -0.1) is 0 Å². The molecule has 1 aromatic heterocycles. The number of aromatic nitrogens is 2. The summed E-state index contributed by atoms with van der Waals surface area (Å²) in [5.74, 6) is 0.399. The molecule has 0 radical (unpaired) electrons. The van der Waals surface area contributed by atoms with E-state index in [9.17, 15) is 9.59 Å². The molecule has 0 spiro atoms. The van der Waals surface area contributed by atoms with Crippen LogP contribution < -0.4 is 15.6 Å². The van der Waals surface area contributed by atoms with E-state index in [1.54, 1.807) is 0 Å². The predicted octanol–water partition coefficient (Wildman–Crippen LogP) is 1.95. The minimum atomic E-state index is -0.439. The van der Waals surface area contributed by atoms with Gasteiger partial charge in [0.2, 0.25) is 5.91 Å². The van der Waals surface area contributed by atoms with Gasteiger partial charge in [0, 0.05) is 0 Å². The largest absolute Gasteiger partial charge is 0.483 e. The Morgan fingerprint density at radius 3 is 2.42 bits per heavy atom. The summed E-state index contributed by atoms with van der Waals surface area (Å²) in [6.45, 7) is 3.64. The van der Waals surface area contributed by atoms with Crippen molar-refractivity contribution in [1.82, 2.24) is 20.8 Å². The first-order chi connectivity index (χ1) is 12.5. The molecular formula is C19H20N4O3. The first-order valence-corrected chi connectivity index (χ1v) is 8.23. The summed E-state index contributed by atoms with van der Waals surface area (Å²) < 4.78 is 5.54. The number of benzene rings is 2. The number of para-hydroxylation sites is 3. The monoisotopic (exact) mass is 352 g/mol. The van der Waals surface area contributed by atoms with Crippen LogP contribution in [-0.4, -0.2) is 28.4 Å². The van der Waals surface area contributed by atoms with Gasteiger partial charge < -0.3 is 9.72 Å². The second kappa shape index (κ2) is 7.69. The molecule has 0 atom stereocenters. The molecule has 3 aromatic rings. The van der Waals surface area contributed by atoms with Crippen LogP contribution in [0.1, 0.15) is 17.0 Å². The molecule has 2 amide bonds. The predicted molar refractivity (Wildman–Crippen MR) is 97.5 cm³/mol. The fourth-order valence-corrected chi connectivity index (χ4v) is 2.63. The Morgan fingerprint density at radius 2 is 1.69 bits per heavy atom. The molecule has 0 fully saturated rings. The van der Waals surface area contributed by atoms with Crippen molar-refractivity contribution in [3.8, 4) is 5.75 Å². The summed E-state index contributed by atoms with van der Waals surface area (Å²) in [5.41, 5.74) is 8.26. The van der Waals surface area contributed by atoms with Crippen LogP contribution in [0.25, 0.3) is 11.0 Å². The number of aryl methyl sites for hydroxylation is 2. The van der Waals surface area contributed by atoms with Gasteiger partial charge in [-0.25, -0.2) is 4.98 Å². The number of carbonyl (C=O) groups excluding carboxylic acids is 2. The van der Waals surface area contributed by atoms with Crippen molar-refractivity contribution in [3.05, 3.63) is 59.4 Å². The third-order valence-corrected chi connectivity index (χ3v) is 3.86. The van der Waals surface area contributed by atoms with E-state index in [2.05, 4.69) is 20.8 Å². The van der Waals surface area contributed by atoms with Crippen LogP contribution in [0.3, 0.4) is 0 Å². The van der Waals surface area contributed by atoms with Crippen LogP contribution in [0, 0.1) is 13.8 Å². The maximum absolute atomic E-state index is 11.9. The number of carbonyl (C=O) groups is 2. The second-order valence-corrected chi connectivity index (χ2v) is 5.98. The molecule has 134 valence electrons. The number of H-pyrrole nitrogens is 1. The lowest BCUT2D eigenvalue weighted by molar-refractivity contribution is -0.129. The zero-order valence-electron chi connectivity index (χ0n) is 14.6. The van der Waals surface area contributed by atoms with Crippen LogP contribution in [0.4, 0.5) is 0 Å². The summed E-state index contributed by atoms with van der Waals surface area (Å²) in [6, 6.07) is 13.3. The first-order valence-electron chi connectivity index (χ1n) is 8.23. The van der Waals surface area contributed by atoms with Crippen molar-refractivity contribution in [2.75, 3.05) is 6.61 Å². The summed E-state index contributed by atoms with van der Waals surface area (Å²) in [5, 5.41) is 0. The van der Waals surface area contributed by atoms with Crippen LogP contribution in [0.15, 0.2) is 42.5 Å². The molecule has 0 saturated carbocycles. The number of imidazole rings is 1. The molecule has 1 heterocycles. The molecule has 0 saturated heterocycles. The number of hydrogen-bond donors (Lipinski definition) is 3.